The Labute approximate surface area is 126 Å². The van der Waals surface area contributed by atoms with Gasteiger partial charge < -0.3 is 5.73 Å². The molecule has 4 heteroatoms. The molecule has 3 aromatic rings. The van der Waals surface area contributed by atoms with Crippen molar-refractivity contribution in [3.05, 3.63) is 70.6 Å². The van der Waals surface area contributed by atoms with Crippen LogP contribution in [0.4, 0.5) is 8.78 Å². The number of fused-ring (bicyclic) bond motifs is 1. The lowest BCUT2D eigenvalue weighted by atomic mass is 9.99. The highest BCUT2D eigenvalue weighted by atomic mass is 32.1. The van der Waals surface area contributed by atoms with Crippen molar-refractivity contribution in [2.45, 2.75) is 18.9 Å². The van der Waals surface area contributed by atoms with Gasteiger partial charge in [0.2, 0.25) is 0 Å². The van der Waals surface area contributed by atoms with Crippen LogP contribution < -0.4 is 5.73 Å². The lowest BCUT2D eigenvalue weighted by molar-refractivity contribution is 0.492. The Kier molecular flexibility index (Phi) is 3.99. The minimum absolute atomic E-state index is 0.237. The van der Waals surface area contributed by atoms with E-state index in [-0.39, 0.29) is 6.04 Å². The van der Waals surface area contributed by atoms with Gasteiger partial charge in [-0.15, -0.1) is 11.3 Å². The molecule has 1 atom stereocenters. The zero-order chi connectivity index (χ0) is 14.8. The largest absolute Gasteiger partial charge is 0.327 e. The summed E-state index contributed by atoms with van der Waals surface area (Å²) in [6, 6.07) is 12.1. The number of halogens is 2. The summed E-state index contributed by atoms with van der Waals surface area (Å²) in [5, 5.41) is 3.28. The molecule has 3 rings (SSSR count). The molecule has 0 bridgehead atoms. The van der Waals surface area contributed by atoms with Crippen molar-refractivity contribution in [3.63, 3.8) is 0 Å². The van der Waals surface area contributed by atoms with E-state index in [1.165, 1.54) is 21.7 Å². The molecule has 0 saturated heterocycles. The molecule has 0 aliphatic carbocycles. The lowest BCUT2D eigenvalue weighted by Gasteiger charge is -2.12. The summed E-state index contributed by atoms with van der Waals surface area (Å²) in [6.45, 7) is 0. The van der Waals surface area contributed by atoms with Crippen molar-refractivity contribution in [3.8, 4) is 0 Å². The highest BCUT2D eigenvalue weighted by molar-refractivity contribution is 7.17. The number of benzene rings is 2. The second kappa shape index (κ2) is 5.92. The van der Waals surface area contributed by atoms with Crippen molar-refractivity contribution < 1.29 is 8.78 Å². The van der Waals surface area contributed by atoms with Crippen molar-refractivity contribution in [2.75, 3.05) is 0 Å². The first-order valence-electron chi connectivity index (χ1n) is 6.78. The van der Waals surface area contributed by atoms with Crippen molar-refractivity contribution >= 4 is 21.4 Å². The number of hydrogen-bond acceptors (Lipinski definition) is 2. The predicted octanol–water partition coefficient (Wildman–Crippen LogP) is 4.29. The van der Waals surface area contributed by atoms with Gasteiger partial charge in [-0.3, -0.25) is 0 Å². The molecule has 1 aromatic heterocycles. The van der Waals surface area contributed by atoms with Crippen LogP contribution in [-0.4, -0.2) is 6.04 Å². The van der Waals surface area contributed by atoms with Gasteiger partial charge in [-0.1, -0.05) is 30.3 Å². The Bertz CT molecular complexity index is 766. The highest BCUT2D eigenvalue weighted by Gasteiger charge is 2.13. The van der Waals surface area contributed by atoms with Crippen LogP contribution >= 0.6 is 11.3 Å². The Hall–Kier alpha value is -1.78. The molecule has 0 aliphatic rings. The van der Waals surface area contributed by atoms with Crippen molar-refractivity contribution in [1.29, 1.82) is 0 Å². The Morgan fingerprint density at radius 3 is 2.57 bits per heavy atom. The van der Waals surface area contributed by atoms with Gasteiger partial charge in [-0.25, -0.2) is 8.78 Å². The average Bonchev–Trinajstić information content (AvgIpc) is 2.87. The van der Waals surface area contributed by atoms with Gasteiger partial charge in [0.1, 0.15) is 0 Å². The van der Waals surface area contributed by atoms with Crippen LogP contribution in [0.25, 0.3) is 10.1 Å². The first-order valence-corrected chi connectivity index (χ1v) is 7.66. The van der Waals surface area contributed by atoms with Gasteiger partial charge in [0, 0.05) is 10.7 Å². The van der Waals surface area contributed by atoms with Crippen LogP contribution in [0.2, 0.25) is 0 Å². The standard InChI is InChI=1S/C17H15F2NS/c18-15-6-3-4-11(17(15)19)8-13(20)9-12-10-21-16-7-2-1-5-14(12)16/h1-7,10,13H,8-9,20H2. The third kappa shape index (κ3) is 2.96. The molecule has 2 N–H and O–H groups in total. The topological polar surface area (TPSA) is 26.0 Å². The predicted molar refractivity (Wildman–Crippen MR) is 83.6 cm³/mol. The molecular formula is C17H15F2NS. The zero-order valence-corrected chi connectivity index (χ0v) is 12.2. The summed E-state index contributed by atoms with van der Waals surface area (Å²) in [5.41, 5.74) is 7.62. The first kappa shape index (κ1) is 14.2. The van der Waals surface area contributed by atoms with Crippen LogP contribution in [0.3, 0.4) is 0 Å². The molecule has 0 amide bonds. The molecule has 21 heavy (non-hydrogen) atoms. The molecular weight excluding hydrogens is 288 g/mol. The summed E-state index contributed by atoms with van der Waals surface area (Å²) >= 11 is 1.68. The fourth-order valence-corrected chi connectivity index (χ4v) is 3.51. The maximum atomic E-state index is 13.7. The third-order valence-corrected chi connectivity index (χ3v) is 4.57. The Balaban J connectivity index is 1.77. The Morgan fingerprint density at radius 2 is 1.71 bits per heavy atom. The van der Waals surface area contributed by atoms with E-state index in [4.69, 9.17) is 5.73 Å². The van der Waals surface area contributed by atoms with E-state index in [1.54, 1.807) is 17.4 Å². The lowest BCUT2D eigenvalue weighted by Crippen LogP contribution is -2.26. The van der Waals surface area contributed by atoms with E-state index >= 15 is 0 Å². The number of rotatable bonds is 4. The summed E-state index contributed by atoms with van der Waals surface area (Å²) in [4.78, 5) is 0. The van der Waals surface area contributed by atoms with Gasteiger partial charge in [0.15, 0.2) is 11.6 Å². The van der Waals surface area contributed by atoms with E-state index in [0.717, 1.165) is 6.07 Å². The van der Waals surface area contributed by atoms with Gasteiger partial charge in [-0.2, -0.15) is 0 Å². The number of nitrogens with two attached hydrogens (primary N) is 1. The molecule has 1 unspecified atom stereocenters. The van der Waals surface area contributed by atoms with E-state index < -0.39 is 11.6 Å². The van der Waals surface area contributed by atoms with Crippen molar-refractivity contribution in [2.24, 2.45) is 5.73 Å². The SMILES string of the molecule is NC(Cc1cccc(F)c1F)Cc1csc2ccccc12. The van der Waals surface area contributed by atoms with Gasteiger partial charge in [0.25, 0.3) is 0 Å². The van der Waals surface area contributed by atoms with Gasteiger partial charge >= 0.3 is 0 Å². The zero-order valence-electron chi connectivity index (χ0n) is 11.4. The van der Waals surface area contributed by atoms with E-state index in [1.807, 2.05) is 12.1 Å². The fraction of sp³-hybridized carbons (Fsp3) is 0.176. The quantitative estimate of drug-likeness (QED) is 0.764. The van der Waals surface area contributed by atoms with E-state index in [2.05, 4.69) is 17.5 Å². The first-order chi connectivity index (χ1) is 10.1. The van der Waals surface area contributed by atoms with Crippen LogP contribution in [0.15, 0.2) is 47.8 Å². The second-order valence-corrected chi connectivity index (χ2v) is 6.05. The van der Waals surface area contributed by atoms with E-state index in [9.17, 15) is 8.78 Å². The minimum atomic E-state index is -0.819. The molecule has 0 radical (unpaired) electrons. The maximum Gasteiger partial charge on any atom is 0.162 e. The summed E-state index contributed by atoms with van der Waals surface area (Å²) in [5.74, 6) is -1.61. The molecule has 0 fully saturated rings. The number of hydrogen-bond donors (Lipinski definition) is 1. The molecule has 108 valence electrons. The Morgan fingerprint density at radius 1 is 0.952 bits per heavy atom. The second-order valence-electron chi connectivity index (χ2n) is 5.14. The minimum Gasteiger partial charge on any atom is -0.327 e. The molecule has 2 aromatic carbocycles. The van der Waals surface area contributed by atoms with Crippen LogP contribution in [0.1, 0.15) is 11.1 Å². The monoisotopic (exact) mass is 303 g/mol. The van der Waals surface area contributed by atoms with E-state index in [0.29, 0.717) is 18.4 Å². The maximum absolute atomic E-state index is 13.7. The van der Waals surface area contributed by atoms with Crippen LogP contribution in [0, 0.1) is 11.6 Å². The number of thiophene rings is 1. The van der Waals surface area contributed by atoms with Gasteiger partial charge in [-0.05, 0) is 46.9 Å². The molecule has 0 spiro atoms. The average molecular weight is 303 g/mol. The summed E-state index contributed by atoms with van der Waals surface area (Å²) < 4.78 is 28.1. The van der Waals surface area contributed by atoms with Gasteiger partial charge in [0.05, 0.1) is 0 Å². The van der Waals surface area contributed by atoms with Crippen molar-refractivity contribution in [1.82, 2.24) is 0 Å². The van der Waals surface area contributed by atoms with Crippen LogP contribution in [0.5, 0.6) is 0 Å². The highest BCUT2D eigenvalue weighted by Crippen LogP contribution is 2.27. The third-order valence-electron chi connectivity index (χ3n) is 3.56. The smallest absolute Gasteiger partial charge is 0.162 e. The van der Waals surface area contributed by atoms with Crippen LogP contribution in [-0.2, 0) is 12.8 Å². The molecule has 0 aliphatic heterocycles. The molecule has 0 saturated carbocycles. The fourth-order valence-electron chi connectivity index (χ4n) is 2.53. The summed E-state index contributed by atoms with van der Waals surface area (Å²) in [7, 11) is 0. The summed E-state index contributed by atoms with van der Waals surface area (Å²) in [6.07, 6.45) is 0.980. The molecule has 1 heterocycles. The molecule has 1 nitrogen and oxygen atoms in total. The normalized spacial score (nSPS) is 12.7.